The number of nitrogen functional groups attached to an aromatic ring is 1. The van der Waals surface area contributed by atoms with Crippen LogP contribution in [-0.2, 0) is 0 Å². The fourth-order valence-electron chi connectivity index (χ4n) is 1.51. The van der Waals surface area contributed by atoms with Crippen molar-refractivity contribution in [3.05, 3.63) is 44.5 Å². The Balaban J connectivity index is 2.40. The van der Waals surface area contributed by atoms with Crippen LogP contribution in [0.4, 0.5) is 11.6 Å². The van der Waals surface area contributed by atoms with Gasteiger partial charge in [0, 0.05) is 6.07 Å². The first-order chi connectivity index (χ1) is 9.52. The van der Waals surface area contributed by atoms with Crippen molar-refractivity contribution in [2.45, 2.75) is 6.92 Å². The number of nitrogens with one attached hydrogen (secondary N) is 1. The summed E-state index contributed by atoms with van der Waals surface area (Å²) < 4.78 is 6.08. The SMILES string of the molecule is Cc1c(Oc2nc(NN)ncc2Br)cccc1[N+](=O)[O-]. The summed E-state index contributed by atoms with van der Waals surface area (Å²) in [7, 11) is 0. The van der Waals surface area contributed by atoms with Gasteiger partial charge in [0.05, 0.1) is 21.2 Å². The van der Waals surface area contributed by atoms with Crippen molar-refractivity contribution in [2.24, 2.45) is 5.84 Å². The van der Waals surface area contributed by atoms with Gasteiger partial charge in [-0.3, -0.25) is 15.5 Å². The second-order valence-corrected chi connectivity index (χ2v) is 4.60. The van der Waals surface area contributed by atoms with Crippen LogP contribution >= 0.6 is 15.9 Å². The van der Waals surface area contributed by atoms with E-state index in [0.29, 0.717) is 15.8 Å². The standard InChI is InChI=1S/C11H10BrN5O3/c1-6-8(17(18)19)3-2-4-9(6)20-10-7(12)5-14-11(15-10)16-13/h2-5H,13H2,1H3,(H,14,15,16). The fraction of sp³-hybridized carbons (Fsp3) is 0.0909. The van der Waals surface area contributed by atoms with Gasteiger partial charge in [-0.25, -0.2) is 10.8 Å². The Morgan fingerprint density at radius 2 is 2.25 bits per heavy atom. The second-order valence-electron chi connectivity index (χ2n) is 3.75. The number of nitrogens with two attached hydrogens (primary N) is 1. The molecule has 0 saturated heterocycles. The molecule has 0 amide bonds. The molecule has 20 heavy (non-hydrogen) atoms. The Morgan fingerprint density at radius 1 is 1.50 bits per heavy atom. The van der Waals surface area contributed by atoms with E-state index in [1.807, 2.05) is 0 Å². The van der Waals surface area contributed by atoms with E-state index >= 15 is 0 Å². The maximum Gasteiger partial charge on any atom is 0.276 e. The van der Waals surface area contributed by atoms with Gasteiger partial charge in [-0.05, 0) is 28.9 Å². The molecule has 104 valence electrons. The Hall–Kier alpha value is -2.26. The number of halogens is 1. The summed E-state index contributed by atoms with van der Waals surface area (Å²) in [6.07, 6.45) is 1.46. The van der Waals surface area contributed by atoms with Gasteiger partial charge in [-0.2, -0.15) is 4.98 Å². The van der Waals surface area contributed by atoms with E-state index in [1.54, 1.807) is 13.0 Å². The van der Waals surface area contributed by atoms with Crippen molar-refractivity contribution >= 4 is 27.6 Å². The summed E-state index contributed by atoms with van der Waals surface area (Å²) in [6, 6.07) is 4.56. The Bertz CT molecular complexity index is 665. The number of ether oxygens (including phenoxy) is 1. The second kappa shape index (κ2) is 5.80. The predicted molar refractivity (Wildman–Crippen MR) is 75.4 cm³/mol. The molecule has 3 N–H and O–H groups in total. The lowest BCUT2D eigenvalue weighted by Crippen LogP contribution is -2.10. The first-order valence-corrected chi connectivity index (χ1v) is 6.23. The molecule has 2 rings (SSSR count). The molecule has 0 saturated carbocycles. The van der Waals surface area contributed by atoms with Crippen LogP contribution in [0.5, 0.6) is 11.6 Å². The molecule has 0 bridgehead atoms. The highest BCUT2D eigenvalue weighted by molar-refractivity contribution is 9.10. The number of nitro benzene ring substituents is 1. The molecule has 2 aromatic rings. The summed E-state index contributed by atoms with van der Waals surface area (Å²) in [5.41, 5.74) is 2.68. The molecular formula is C11H10BrN5O3. The zero-order chi connectivity index (χ0) is 14.7. The van der Waals surface area contributed by atoms with Gasteiger partial charge in [0.25, 0.3) is 5.69 Å². The van der Waals surface area contributed by atoms with Gasteiger partial charge in [0.2, 0.25) is 11.8 Å². The zero-order valence-electron chi connectivity index (χ0n) is 10.3. The largest absolute Gasteiger partial charge is 0.437 e. The summed E-state index contributed by atoms with van der Waals surface area (Å²) >= 11 is 3.24. The highest BCUT2D eigenvalue weighted by Gasteiger charge is 2.16. The van der Waals surface area contributed by atoms with Crippen LogP contribution in [0, 0.1) is 17.0 Å². The number of rotatable bonds is 4. The fourth-order valence-corrected chi connectivity index (χ4v) is 1.78. The molecule has 0 aliphatic heterocycles. The Morgan fingerprint density at radius 3 is 2.90 bits per heavy atom. The summed E-state index contributed by atoms with van der Waals surface area (Å²) in [5, 5.41) is 10.9. The number of nitrogens with zero attached hydrogens (tertiary/aromatic N) is 3. The third-order valence-electron chi connectivity index (χ3n) is 2.50. The number of hydrazine groups is 1. The molecule has 9 heteroatoms. The molecule has 0 aliphatic carbocycles. The lowest BCUT2D eigenvalue weighted by atomic mass is 10.2. The first kappa shape index (κ1) is 14.2. The van der Waals surface area contributed by atoms with Crippen molar-refractivity contribution < 1.29 is 9.66 Å². The van der Waals surface area contributed by atoms with Gasteiger partial charge < -0.3 is 4.74 Å². The lowest BCUT2D eigenvalue weighted by Gasteiger charge is -2.10. The monoisotopic (exact) mass is 339 g/mol. The Labute approximate surface area is 122 Å². The number of nitro groups is 1. The third-order valence-corrected chi connectivity index (χ3v) is 3.04. The van der Waals surface area contributed by atoms with Crippen LogP contribution in [0.15, 0.2) is 28.9 Å². The van der Waals surface area contributed by atoms with Crippen molar-refractivity contribution in [2.75, 3.05) is 5.43 Å². The molecule has 0 fully saturated rings. The van der Waals surface area contributed by atoms with E-state index in [-0.39, 0.29) is 17.5 Å². The van der Waals surface area contributed by atoms with Gasteiger partial charge in [-0.15, -0.1) is 0 Å². The quantitative estimate of drug-likeness (QED) is 0.499. The van der Waals surface area contributed by atoms with Gasteiger partial charge in [-0.1, -0.05) is 6.07 Å². The summed E-state index contributed by atoms with van der Waals surface area (Å²) in [6.45, 7) is 1.60. The van der Waals surface area contributed by atoms with E-state index in [2.05, 4.69) is 31.3 Å². The van der Waals surface area contributed by atoms with Crippen molar-refractivity contribution in [1.29, 1.82) is 0 Å². The third kappa shape index (κ3) is 2.83. The molecule has 0 radical (unpaired) electrons. The lowest BCUT2D eigenvalue weighted by molar-refractivity contribution is -0.385. The van der Waals surface area contributed by atoms with Crippen molar-refractivity contribution in [1.82, 2.24) is 9.97 Å². The van der Waals surface area contributed by atoms with Crippen LogP contribution < -0.4 is 16.0 Å². The van der Waals surface area contributed by atoms with Crippen LogP contribution in [0.3, 0.4) is 0 Å². The van der Waals surface area contributed by atoms with Gasteiger partial charge in [0.1, 0.15) is 5.75 Å². The molecular weight excluding hydrogens is 330 g/mol. The minimum atomic E-state index is -0.468. The van der Waals surface area contributed by atoms with Crippen LogP contribution in [0.2, 0.25) is 0 Å². The number of hydrogen-bond donors (Lipinski definition) is 2. The predicted octanol–water partition coefficient (Wildman–Crippen LogP) is 2.53. The van der Waals surface area contributed by atoms with E-state index in [1.165, 1.54) is 18.3 Å². The number of anilines is 1. The number of benzene rings is 1. The Kier molecular flexibility index (Phi) is 4.11. The van der Waals surface area contributed by atoms with E-state index in [0.717, 1.165) is 0 Å². The maximum absolute atomic E-state index is 10.9. The molecule has 1 aromatic heterocycles. The molecule has 0 spiro atoms. The summed E-state index contributed by atoms with van der Waals surface area (Å²) in [4.78, 5) is 18.3. The van der Waals surface area contributed by atoms with Gasteiger partial charge in [0.15, 0.2) is 0 Å². The van der Waals surface area contributed by atoms with E-state index in [9.17, 15) is 10.1 Å². The van der Waals surface area contributed by atoms with Crippen molar-refractivity contribution in [3.63, 3.8) is 0 Å². The molecule has 8 nitrogen and oxygen atoms in total. The minimum absolute atomic E-state index is 0.0233. The topological polar surface area (TPSA) is 116 Å². The van der Waals surface area contributed by atoms with E-state index < -0.39 is 4.92 Å². The van der Waals surface area contributed by atoms with Crippen LogP contribution in [0.25, 0.3) is 0 Å². The smallest absolute Gasteiger partial charge is 0.276 e. The molecule has 1 aromatic carbocycles. The average Bonchev–Trinajstić information content (AvgIpc) is 2.43. The van der Waals surface area contributed by atoms with Crippen LogP contribution in [0.1, 0.15) is 5.56 Å². The zero-order valence-corrected chi connectivity index (χ0v) is 11.9. The first-order valence-electron chi connectivity index (χ1n) is 5.44. The molecule has 1 heterocycles. The van der Waals surface area contributed by atoms with E-state index in [4.69, 9.17) is 10.6 Å². The average molecular weight is 340 g/mol. The highest BCUT2D eigenvalue weighted by atomic mass is 79.9. The normalized spacial score (nSPS) is 10.2. The number of hydrogen-bond acceptors (Lipinski definition) is 7. The molecule has 0 aliphatic rings. The molecule has 0 unspecified atom stereocenters. The van der Waals surface area contributed by atoms with Crippen molar-refractivity contribution in [3.8, 4) is 11.6 Å². The minimum Gasteiger partial charge on any atom is -0.437 e. The highest BCUT2D eigenvalue weighted by Crippen LogP contribution is 2.33. The maximum atomic E-state index is 10.9. The number of aromatic nitrogens is 2. The summed E-state index contributed by atoms with van der Waals surface area (Å²) in [5.74, 6) is 5.93. The molecule has 0 atom stereocenters. The van der Waals surface area contributed by atoms with Gasteiger partial charge >= 0.3 is 0 Å². The van der Waals surface area contributed by atoms with Crippen LogP contribution in [-0.4, -0.2) is 14.9 Å².